The Morgan fingerprint density at radius 1 is 0.975 bits per heavy atom. The molecule has 5 aromatic rings. The number of aromatic amines is 1. The highest BCUT2D eigenvalue weighted by atomic mass is 79.9. The second-order valence-corrected chi connectivity index (χ2v) is 11.5. The molecule has 0 aliphatic rings. The number of rotatable bonds is 8. The minimum absolute atomic E-state index is 0.0276. The summed E-state index contributed by atoms with van der Waals surface area (Å²) in [5.74, 6) is -0.509. The molecular formula is C29H23BrN4O5S. The number of hydrogen-bond donors (Lipinski definition) is 2. The average Bonchev–Trinajstić information content (AvgIpc) is 3.28. The smallest absolute Gasteiger partial charge is 0.297 e. The van der Waals surface area contributed by atoms with Gasteiger partial charge in [-0.2, -0.15) is 0 Å². The van der Waals surface area contributed by atoms with Crippen molar-refractivity contribution in [3.05, 3.63) is 113 Å². The normalized spacial score (nSPS) is 11.7. The number of sulfonamides is 1. The van der Waals surface area contributed by atoms with Gasteiger partial charge in [-0.25, -0.2) is 8.42 Å². The van der Waals surface area contributed by atoms with E-state index in [0.29, 0.717) is 16.7 Å². The lowest BCUT2D eigenvalue weighted by Crippen LogP contribution is -2.31. The number of carbonyl (C=O) groups excluding carboxylic acids is 1. The van der Waals surface area contributed by atoms with E-state index < -0.39 is 15.9 Å². The summed E-state index contributed by atoms with van der Waals surface area (Å²) in [6, 6.07) is 26.7. The van der Waals surface area contributed by atoms with Gasteiger partial charge in [0.15, 0.2) is 5.69 Å². The van der Waals surface area contributed by atoms with Crippen LogP contribution in [0.1, 0.15) is 15.9 Å². The zero-order valence-corrected chi connectivity index (χ0v) is 23.6. The lowest BCUT2D eigenvalue weighted by Gasteiger charge is -2.26. The summed E-state index contributed by atoms with van der Waals surface area (Å²) >= 11 is 3.39. The van der Waals surface area contributed by atoms with Crippen LogP contribution in [0.2, 0.25) is 0 Å². The first-order chi connectivity index (χ1) is 19.3. The van der Waals surface area contributed by atoms with E-state index in [2.05, 4.69) is 31.1 Å². The Morgan fingerprint density at radius 3 is 2.40 bits per heavy atom. The minimum Gasteiger partial charge on any atom is -0.497 e. The number of amides is 1. The third-order valence-corrected chi connectivity index (χ3v) is 8.44. The van der Waals surface area contributed by atoms with E-state index in [1.165, 1.54) is 29.6 Å². The van der Waals surface area contributed by atoms with Crippen LogP contribution in [0.15, 0.2) is 117 Å². The molecule has 0 unspecified atom stereocenters. The van der Waals surface area contributed by atoms with Gasteiger partial charge in [0.05, 0.1) is 35.3 Å². The topological polar surface area (TPSA) is 124 Å². The van der Waals surface area contributed by atoms with Crippen molar-refractivity contribution in [2.45, 2.75) is 11.4 Å². The monoisotopic (exact) mass is 618 g/mol. The van der Waals surface area contributed by atoms with Crippen molar-refractivity contribution >= 4 is 54.1 Å². The molecule has 0 aliphatic carbocycles. The van der Waals surface area contributed by atoms with E-state index in [4.69, 9.17) is 4.74 Å². The molecule has 4 aromatic carbocycles. The van der Waals surface area contributed by atoms with E-state index in [-0.39, 0.29) is 34.3 Å². The summed E-state index contributed by atoms with van der Waals surface area (Å²) in [6.07, 6.45) is 0. The number of carbonyl (C=O) groups is 1. The average molecular weight is 619 g/mol. The fourth-order valence-corrected chi connectivity index (χ4v) is 6.01. The molecule has 0 fully saturated rings. The maximum absolute atomic E-state index is 14.0. The van der Waals surface area contributed by atoms with Crippen molar-refractivity contribution in [1.82, 2.24) is 4.98 Å². The van der Waals surface area contributed by atoms with E-state index in [0.717, 1.165) is 10.0 Å². The summed E-state index contributed by atoms with van der Waals surface area (Å²) < 4.78 is 35.0. The predicted octanol–water partition coefficient (Wildman–Crippen LogP) is 6.96. The van der Waals surface area contributed by atoms with Gasteiger partial charge < -0.3 is 14.8 Å². The number of nitrogens with one attached hydrogen (secondary N) is 1. The van der Waals surface area contributed by atoms with Crippen LogP contribution in [0.5, 0.6) is 11.6 Å². The van der Waals surface area contributed by atoms with Crippen LogP contribution in [-0.2, 0) is 16.6 Å². The molecule has 1 aromatic heterocycles. The van der Waals surface area contributed by atoms with Crippen LogP contribution in [0.25, 0.3) is 10.9 Å². The third-order valence-electron chi connectivity index (χ3n) is 6.17. The van der Waals surface area contributed by atoms with Gasteiger partial charge in [-0.05, 0) is 60.2 Å². The van der Waals surface area contributed by atoms with E-state index in [1.807, 2.05) is 18.2 Å². The lowest BCUT2D eigenvalue weighted by molar-refractivity contribution is 0.0995. The Hall–Kier alpha value is -4.48. The standard InChI is InChI=1S/C29H23BrN4O5S/c1-39-21-12-14-22(15-13-21)40(37,38)34(18-19-7-3-2-4-8-19)26-10-6-5-9-23(26)28(35)33-32-27-24-17-20(30)11-16-25(24)31-29(27)36/h2-17,31,36H,18H2,1H3. The van der Waals surface area contributed by atoms with Gasteiger partial charge in [-0.15, -0.1) is 10.2 Å². The molecule has 0 saturated carbocycles. The van der Waals surface area contributed by atoms with Crippen molar-refractivity contribution in [1.29, 1.82) is 0 Å². The summed E-state index contributed by atoms with van der Waals surface area (Å²) in [5.41, 5.74) is 1.59. The van der Waals surface area contributed by atoms with Crippen LogP contribution in [0.4, 0.5) is 11.4 Å². The summed E-state index contributed by atoms with van der Waals surface area (Å²) in [4.78, 5) is 16.2. The van der Waals surface area contributed by atoms with Crippen LogP contribution in [0.3, 0.4) is 0 Å². The lowest BCUT2D eigenvalue weighted by atomic mass is 10.1. The predicted molar refractivity (Wildman–Crippen MR) is 156 cm³/mol. The molecule has 5 rings (SSSR count). The van der Waals surface area contributed by atoms with Gasteiger partial charge >= 0.3 is 0 Å². The number of aromatic nitrogens is 1. The van der Waals surface area contributed by atoms with Gasteiger partial charge in [-0.1, -0.05) is 58.4 Å². The number of aromatic hydroxyl groups is 1. The number of para-hydroxylation sites is 1. The molecule has 0 radical (unpaired) electrons. The van der Waals surface area contributed by atoms with E-state index in [9.17, 15) is 18.3 Å². The zero-order valence-electron chi connectivity index (χ0n) is 21.2. The van der Waals surface area contributed by atoms with Crippen LogP contribution in [-0.4, -0.2) is 31.5 Å². The highest BCUT2D eigenvalue weighted by molar-refractivity contribution is 9.10. The summed E-state index contributed by atoms with van der Waals surface area (Å²) in [6.45, 7) is -0.0338. The Labute approximate surface area is 238 Å². The van der Waals surface area contributed by atoms with Gasteiger partial charge in [-0.3, -0.25) is 9.10 Å². The highest BCUT2D eigenvalue weighted by Gasteiger charge is 2.29. The third kappa shape index (κ3) is 5.47. The van der Waals surface area contributed by atoms with Crippen LogP contribution >= 0.6 is 15.9 Å². The largest absolute Gasteiger partial charge is 0.497 e. The number of benzene rings is 4. The number of H-pyrrole nitrogens is 1. The van der Waals surface area contributed by atoms with E-state index >= 15 is 0 Å². The fourth-order valence-electron chi connectivity index (χ4n) is 4.18. The molecule has 0 saturated heterocycles. The molecule has 0 atom stereocenters. The zero-order chi connectivity index (χ0) is 28.3. The first-order valence-electron chi connectivity index (χ1n) is 12.0. The molecule has 9 nitrogen and oxygen atoms in total. The maximum Gasteiger partial charge on any atom is 0.297 e. The maximum atomic E-state index is 14.0. The highest BCUT2D eigenvalue weighted by Crippen LogP contribution is 2.37. The number of nitrogens with zero attached hydrogens (tertiary/aromatic N) is 3. The molecule has 0 spiro atoms. The van der Waals surface area contributed by atoms with Crippen molar-refractivity contribution < 1.29 is 23.1 Å². The van der Waals surface area contributed by atoms with E-state index in [1.54, 1.807) is 60.7 Å². The Bertz CT molecular complexity index is 1820. The van der Waals surface area contributed by atoms with Crippen molar-refractivity contribution in [3.8, 4) is 11.6 Å². The van der Waals surface area contributed by atoms with Gasteiger partial charge in [0.1, 0.15) is 5.75 Å². The number of ether oxygens (including phenoxy) is 1. The Balaban J connectivity index is 1.57. The summed E-state index contributed by atoms with van der Waals surface area (Å²) in [7, 11) is -2.63. The van der Waals surface area contributed by atoms with Gasteiger partial charge in [0, 0.05) is 9.86 Å². The quantitative estimate of drug-likeness (QED) is 0.182. The number of fused-ring (bicyclic) bond motifs is 1. The van der Waals surface area contributed by atoms with Crippen molar-refractivity contribution in [3.63, 3.8) is 0 Å². The molecule has 1 amide bonds. The van der Waals surface area contributed by atoms with Crippen molar-refractivity contribution in [2.24, 2.45) is 10.2 Å². The van der Waals surface area contributed by atoms with Crippen molar-refractivity contribution in [2.75, 3.05) is 11.4 Å². The Kier molecular flexibility index (Phi) is 7.67. The molecule has 0 bridgehead atoms. The molecule has 11 heteroatoms. The van der Waals surface area contributed by atoms with Crippen LogP contribution < -0.4 is 9.04 Å². The van der Waals surface area contributed by atoms with Crippen LogP contribution in [0, 0.1) is 0 Å². The number of azo groups is 1. The SMILES string of the molecule is COc1ccc(S(=O)(=O)N(Cc2ccccc2)c2ccccc2C(=O)N=Nc2c(O)[nH]c3ccc(Br)cc23)cc1. The number of hydrogen-bond acceptors (Lipinski definition) is 6. The number of anilines is 1. The second kappa shape index (κ2) is 11.3. The minimum atomic E-state index is -4.13. The molecule has 40 heavy (non-hydrogen) atoms. The van der Waals surface area contributed by atoms with Gasteiger partial charge in [0.25, 0.3) is 15.9 Å². The first-order valence-corrected chi connectivity index (χ1v) is 14.3. The molecule has 202 valence electrons. The first kappa shape index (κ1) is 27.1. The molecule has 1 heterocycles. The van der Waals surface area contributed by atoms with Gasteiger partial charge in [0.2, 0.25) is 5.88 Å². The number of halogens is 1. The molecule has 0 aliphatic heterocycles. The number of methoxy groups -OCH3 is 1. The second-order valence-electron chi connectivity index (χ2n) is 8.71. The Morgan fingerprint density at radius 2 is 1.68 bits per heavy atom. The molecule has 2 N–H and O–H groups in total. The fraction of sp³-hybridized carbons (Fsp3) is 0.0690. The molecular weight excluding hydrogens is 596 g/mol. The summed E-state index contributed by atoms with van der Waals surface area (Å²) in [5, 5.41) is 18.8.